The van der Waals surface area contributed by atoms with Crippen LogP contribution in [0.2, 0.25) is 0 Å². The van der Waals surface area contributed by atoms with Crippen molar-refractivity contribution in [2.24, 2.45) is 5.92 Å². The quantitative estimate of drug-likeness (QED) is 0.726. The number of aromatic nitrogens is 1. The van der Waals surface area contributed by atoms with Gasteiger partial charge in [-0.15, -0.1) is 0 Å². The number of hydrogen-bond donors (Lipinski definition) is 2. The third-order valence-corrected chi connectivity index (χ3v) is 7.40. The second-order valence-electron chi connectivity index (χ2n) is 9.49. The standard InChI is InChI=1S/C26H33N3O3/c1-32-24-17-29(16-23(24)30)25-8-7-20(22(27-25)15-19-5-3-2-4-6-19)9-12-26(31)18-28-13-10-21(26)11-14-28/h2-9,12,21,23-24,30-31H,10-11,13-18H2,1H3/b12-9+/t23-,24-,26-/m1/s1. The number of anilines is 1. The van der Waals surface area contributed by atoms with E-state index in [0.717, 1.165) is 49.6 Å². The van der Waals surface area contributed by atoms with Crippen LogP contribution in [0, 0.1) is 5.92 Å². The molecular weight excluding hydrogens is 402 g/mol. The Bertz CT molecular complexity index is 958. The van der Waals surface area contributed by atoms with Gasteiger partial charge in [0.15, 0.2) is 0 Å². The molecule has 5 heterocycles. The van der Waals surface area contributed by atoms with Gasteiger partial charge in [0.25, 0.3) is 0 Å². The number of benzene rings is 1. The van der Waals surface area contributed by atoms with E-state index >= 15 is 0 Å². The van der Waals surface area contributed by atoms with E-state index in [1.807, 2.05) is 30.3 Å². The van der Waals surface area contributed by atoms with Crippen molar-refractivity contribution >= 4 is 11.9 Å². The lowest BCUT2D eigenvalue weighted by atomic mass is 9.75. The Morgan fingerprint density at radius 1 is 1.12 bits per heavy atom. The highest BCUT2D eigenvalue weighted by Gasteiger charge is 2.43. The molecule has 1 aromatic heterocycles. The number of ether oxygens (including phenoxy) is 1. The summed E-state index contributed by atoms with van der Waals surface area (Å²) < 4.78 is 5.40. The van der Waals surface area contributed by atoms with Gasteiger partial charge in [-0.3, -0.25) is 0 Å². The first-order chi connectivity index (χ1) is 15.5. The Hall–Kier alpha value is -2.25. The molecule has 2 aromatic rings. The lowest BCUT2D eigenvalue weighted by molar-refractivity contribution is -0.0775. The lowest BCUT2D eigenvalue weighted by Crippen LogP contribution is -2.58. The van der Waals surface area contributed by atoms with E-state index < -0.39 is 11.7 Å². The topological polar surface area (TPSA) is 69.1 Å². The number of hydrogen-bond acceptors (Lipinski definition) is 6. The average Bonchev–Trinajstić information content (AvgIpc) is 3.20. The van der Waals surface area contributed by atoms with Gasteiger partial charge in [-0.05, 0) is 55.1 Å². The summed E-state index contributed by atoms with van der Waals surface area (Å²) in [6.45, 7) is 4.06. The number of piperidine rings is 3. The molecule has 4 saturated heterocycles. The third kappa shape index (κ3) is 4.33. The van der Waals surface area contributed by atoms with Gasteiger partial charge in [0.2, 0.25) is 0 Å². The van der Waals surface area contributed by atoms with Crippen molar-refractivity contribution in [3.63, 3.8) is 0 Å². The summed E-state index contributed by atoms with van der Waals surface area (Å²) in [4.78, 5) is 9.45. The minimum atomic E-state index is -0.760. The first kappa shape index (κ1) is 21.6. The molecule has 0 radical (unpaired) electrons. The molecule has 2 N–H and O–H groups in total. The number of aliphatic hydroxyl groups excluding tert-OH is 1. The molecule has 0 saturated carbocycles. The lowest BCUT2D eigenvalue weighted by Gasteiger charge is -2.49. The molecule has 1 aromatic carbocycles. The van der Waals surface area contributed by atoms with Crippen LogP contribution in [-0.4, -0.2) is 77.7 Å². The fourth-order valence-corrected chi connectivity index (χ4v) is 5.44. The summed E-state index contributed by atoms with van der Waals surface area (Å²) in [6.07, 6.45) is 6.21. The summed E-state index contributed by atoms with van der Waals surface area (Å²) in [5.41, 5.74) is 2.45. The number of fused-ring (bicyclic) bond motifs is 3. The zero-order chi connectivity index (χ0) is 22.1. The number of nitrogens with zero attached hydrogens (tertiary/aromatic N) is 3. The summed E-state index contributed by atoms with van der Waals surface area (Å²) >= 11 is 0. The zero-order valence-electron chi connectivity index (χ0n) is 18.7. The van der Waals surface area contributed by atoms with E-state index in [0.29, 0.717) is 25.4 Å². The molecule has 0 unspecified atom stereocenters. The second-order valence-corrected chi connectivity index (χ2v) is 9.49. The molecule has 6 rings (SSSR count). The van der Waals surface area contributed by atoms with Gasteiger partial charge >= 0.3 is 0 Å². The molecule has 4 fully saturated rings. The minimum absolute atomic E-state index is 0.195. The van der Waals surface area contributed by atoms with E-state index in [1.54, 1.807) is 7.11 Å². The summed E-state index contributed by atoms with van der Waals surface area (Å²) in [6, 6.07) is 14.4. The fourth-order valence-electron chi connectivity index (χ4n) is 5.44. The molecule has 4 aliphatic rings. The van der Waals surface area contributed by atoms with Crippen molar-refractivity contribution in [3.05, 3.63) is 65.4 Å². The van der Waals surface area contributed by atoms with Crippen LogP contribution in [-0.2, 0) is 11.2 Å². The van der Waals surface area contributed by atoms with E-state index in [-0.39, 0.29) is 6.10 Å². The fraction of sp³-hybridized carbons (Fsp3) is 0.500. The average molecular weight is 436 g/mol. The SMILES string of the molecule is CO[C@@H]1CN(c2ccc(/C=C/[C@@]3(O)CN4CCC3CC4)c(Cc3ccccc3)n2)C[C@H]1O. The van der Waals surface area contributed by atoms with Crippen molar-refractivity contribution < 1.29 is 14.9 Å². The molecular formula is C26H33N3O3. The van der Waals surface area contributed by atoms with Gasteiger partial charge in [-0.25, -0.2) is 4.98 Å². The van der Waals surface area contributed by atoms with Gasteiger partial charge in [0.05, 0.1) is 17.4 Å². The van der Waals surface area contributed by atoms with E-state index in [4.69, 9.17) is 9.72 Å². The smallest absolute Gasteiger partial charge is 0.129 e. The molecule has 0 spiro atoms. The van der Waals surface area contributed by atoms with Crippen LogP contribution in [0.3, 0.4) is 0 Å². The first-order valence-electron chi connectivity index (χ1n) is 11.7. The maximum Gasteiger partial charge on any atom is 0.129 e. The normalized spacial score (nSPS) is 32.2. The molecule has 0 aliphatic carbocycles. The monoisotopic (exact) mass is 435 g/mol. The number of pyridine rings is 1. The Labute approximate surface area is 190 Å². The number of aliphatic hydroxyl groups is 2. The van der Waals surface area contributed by atoms with Gasteiger partial charge in [0, 0.05) is 33.2 Å². The maximum atomic E-state index is 11.3. The molecule has 3 atom stereocenters. The maximum absolute atomic E-state index is 11.3. The van der Waals surface area contributed by atoms with Crippen LogP contribution >= 0.6 is 0 Å². The molecule has 32 heavy (non-hydrogen) atoms. The minimum Gasteiger partial charge on any atom is -0.388 e. The van der Waals surface area contributed by atoms with E-state index in [2.05, 4.69) is 34.1 Å². The van der Waals surface area contributed by atoms with E-state index in [9.17, 15) is 10.2 Å². The van der Waals surface area contributed by atoms with Crippen molar-refractivity contribution in [2.45, 2.75) is 37.1 Å². The van der Waals surface area contributed by atoms with Crippen LogP contribution in [0.25, 0.3) is 6.08 Å². The largest absolute Gasteiger partial charge is 0.388 e. The zero-order valence-corrected chi connectivity index (χ0v) is 18.7. The van der Waals surface area contributed by atoms with Gasteiger partial charge in [-0.2, -0.15) is 0 Å². The number of methoxy groups -OCH3 is 1. The predicted octanol–water partition coefficient (Wildman–Crippen LogP) is 2.34. The van der Waals surface area contributed by atoms with Crippen molar-refractivity contribution in [2.75, 3.05) is 44.7 Å². The molecule has 0 amide bonds. The van der Waals surface area contributed by atoms with Crippen molar-refractivity contribution in [3.8, 4) is 0 Å². The second kappa shape index (κ2) is 8.94. The first-order valence-corrected chi connectivity index (χ1v) is 11.7. The van der Waals surface area contributed by atoms with Crippen LogP contribution in [0.1, 0.15) is 29.7 Å². The summed E-state index contributed by atoms with van der Waals surface area (Å²) in [5, 5.41) is 21.6. The summed E-state index contributed by atoms with van der Waals surface area (Å²) in [5.74, 6) is 1.19. The number of rotatable bonds is 6. The van der Waals surface area contributed by atoms with Crippen molar-refractivity contribution in [1.29, 1.82) is 0 Å². The van der Waals surface area contributed by atoms with Crippen LogP contribution in [0.5, 0.6) is 0 Å². The van der Waals surface area contributed by atoms with Gasteiger partial charge in [-0.1, -0.05) is 42.5 Å². The van der Waals surface area contributed by atoms with E-state index in [1.165, 1.54) is 5.56 Å². The van der Waals surface area contributed by atoms with Crippen LogP contribution < -0.4 is 4.90 Å². The van der Waals surface area contributed by atoms with Crippen LogP contribution in [0.15, 0.2) is 48.5 Å². The highest BCUT2D eigenvalue weighted by atomic mass is 16.5. The molecule has 4 aliphatic heterocycles. The predicted molar refractivity (Wildman–Crippen MR) is 126 cm³/mol. The molecule has 170 valence electrons. The summed E-state index contributed by atoms with van der Waals surface area (Å²) in [7, 11) is 1.64. The number of β-amino-alcohol motifs (C(OH)–C–C–N with tert-alkyl or cyclic N) is 1. The Morgan fingerprint density at radius 2 is 1.91 bits per heavy atom. The highest BCUT2D eigenvalue weighted by molar-refractivity contribution is 5.58. The van der Waals surface area contributed by atoms with Crippen LogP contribution in [0.4, 0.5) is 5.82 Å². The van der Waals surface area contributed by atoms with Gasteiger partial charge in [0.1, 0.15) is 11.9 Å². The Balaban J connectivity index is 1.43. The molecule has 6 nitrogen and oxygen atoms in total. The van der Waals surface area contributed by atoms with Gasteiger partial charge < -0.3 is 24.7 Å². The molecule has 6 heteroatoms. The molecule has 2 bridgehead atoms. The van der Waals surface area contributed by atoms with Crippen molar-refractivity contribution in [1.82, 2.24) is 9.88 Å². The Morgan fingerprint density at radius 3 is 2.56 bits per heavy atom. The highest BCUT2D eigenvalue weighted by Crippen LogP contribution is 2.37. The Kier molecular flexibility index (Phi) is 6.03. The third-order valence-electron chi connectivity index (χ3n) is 7.40.